The van der Waals surface area contributed by atoms with Crippen LogP contribution in [0.2, 0.25) is 0 Å². The smallest absolute Gasteiger partial charge is 0.246 e. The van der Waals surface area contributed by atoms with Crippen LogP contribution < -0.4 is 5.73 Å². The van der Waals surface area contributed by atoms with Crippen molar-refractivity contribution in [3.8, 4) is 0 Å². The van der Waals surface area contributed by atoms with Gasteiger partial charge in [0.1, 0.15) is 4.90 Å². The van der Waals surface area contributed by atoms with Gasteiger partial charge in [-0.1, -0.05) is 28.1 Å². The van der Waals surface area contributed by atoms with Crippen molar-refractivity contribution in [2.75, 3.05) is 18.8 Å². The average molecular weight is 396 g/mol. The number of nitrogens with zero attached hydrogens (tertiary/aromatic N) is 1. The fraction of sp³-hybridized carbons (Fsp3) is 0.273. The standard InChI is InChI=1S/C11H12Br2N2O2S/c12-8-6-9(13)11(10(14)7-8)18(16,17)15-4-2-1-3-5-15/h1-2,6-7H,3-5,14H2. The lowest BCUT2D eigenvalue weighted by atomic mass is 10.3. The summed E-state index contributed by atoms with van der Waals surface area (Å²) in [5, 5.41) is 0. The Bertz CT molecular complexity index is 576. The maximum absolute atomic E-state index is 12.5. The first-order valence-corrected chi connectivity index (χ1v) is 8.35. The molecule has 1 heterocycles. The van der Waals surface area contributed by atoms with Gasteiger partial charge in [0, 0.05) is 22.0 Å². The number of hydrogen-bond donors (Lipinski definition) is 1. The number of hydrogen-bond acceptors (Lipinski definition) is 3. The molecule has 2 rings (SSSR count). The molecule has 0 aliphatic carbocycles. The van der Waals surface area contributed by atoms with Crippen LogP contribution in [0.25, 0.3) is 0 Å². The third-order valence-corrected chi connectivity index (χ3v) is 5.98. The SMILES string of the molecule is Nc1cc(Br)cc(Br)c1S(=O)(=O)N1CC=CCC1. The van der Waals surface area contributed by atoms with Gasteiger partial charge >= 0.3 is 0 Å². The number of nitrogen functional groups attached to an aromatic ring is 1. The van der Waals surface area contributed by atoms with Crippen LogP contribution in [0.3, 0.4) is 0 Å². The second-order valence-electron chi connectivity index (χ2n) is 3.93. The molecule has 2 N–H and O–H groups in total. The summed E-state index contributed by atoms with van der Waals surface area (Å²) in [6.45, 7) is 0.880. The van der Waals surface area contributed by atoms with Crippen molar-refractivity contribution >= 4 is 47.6 Å². The molecule has 0 radical (unpaired) electrons. The first-order valence-electron chi connectivity index (χ1n) is 5.32. The molecule has 0 saturated carbocycles. The number of benzene rings is 1. The normalized spacial score (nSPS) is 17.0. The van der Waals surface area contributed by atoms with E-state index in [2.05, 4.69) is 31.9 Å². The molecule has 0 saturated heterocycles. The van der Waals surface area contributed by atoms with E-state index in [0.717, 1.165) is 10.9 Å². The lowest BCUT2D eigenvalue weighted by Gasteiger charge is -2.24. The Labute approximate surface area is 123 Å². The highest BCUT2D eigenvalue weighted by Crippen LogP contribution is 2.33. The quantitative estimate of drug-likeness (QED) is 0.618. The summed E-state index contributed by atoms with van der Waals surface area (Å²) in [6.07, 6.45) is 4.56. The van der Waals surface area contributed by atoms with E-state index >= 15 is 0 Å². The lowest BCUT2D eigenvalue weighted by molar-refractivity contribution is 0.437. The zero-order chi connectivity index (χ0) is 13.3. The first kappa shape index (κ1) is 14.0. The lowest BCUT2D eigenvalue weighted by Crippen LogP contribution is -2.34. The predicted octanol–water partition coefficient (Wildman–Crippen LogP) is 2.74. The van der Waals surface area contributed by atoms with Gasteiger partial charge in [0.25, 0.3) is 0 Å². The number of rotatable bonds is 2. The number of nitrogens with two attached hydrogens (primary N) is 1. The average Bonchev–Trinajstić information content (AvgIpc) is 2.28. The zero-order valence-electron chi connectivity index (χ0n) is 9.44. The Morgan fingerprint density at radius 1 is 1.22 bits per heavy atom. The highest BCUT2D eigenvalue weighted by molar-refractivity contribution is 9.11. The van der Waals surface area contributed by atoms with E-state index in [9.17, 15) is 8.42 Å². The van der Waals surface area contributed by atoms with Crippen molar-refractivity contribution in [1.82, 2.24) is 4.31 Å². The molecular weight excluding hydrogens is 384 g/mol. The van der Waals surface area contributed by atoms with Crippen LogP contribution in [0.5, 0.6) is 0 Å². The van der Waals surface area contributed by atoms with Gasteiger partial charge in [0.2, 0.25) is 10.0 Å². The van der Waals surface area contributed by atoms with Crippen molar-refractivity contribution in [2.45, 2.75) is 11.3 Å². The molecule has 0 fully saturated rings. The van der Waals surface area contributed by atoms with E-state index in [1.165, 1.54) is 4.31 Å². The Kier molecular flexibility index (Phi) is 4.15. The number of sulfonamides is 1. The van der Waals surface area contributed by atoms with Crippen LogP contribution in [0.15, 0.2) is 38.1 Å². The summed E-state index contributed by atoms with van der Waals surface area (Å²) >= 11 is 6.55. The van der Waals surface area contributed by atoms with Crippen molar-refractivity contribution < 1.29 is 8.42 Å². The van der Waals surface area contributed by atoms with Crippen molar-refractivity contribution in [2.24, 2.45) is 0 Å². The molecule has 0 spiro atoms. The van der Waals surface area contributed by atoms with Gasteiger partial charge in [-0.2, -0.15) is 4.31 Å². The zero-order valence-corrected chi connectivity index (χ0v) is 13.4. The Morgan fingerprint density at radius 2 is 1.94 bits per heavy atom. The molecule has 1 aromatic carbocycles. The van der Waals surface area contributed by atoms with E-state index in [-0.39, 0.29) is 10.6 Å². The van der Waals surface area contributed by atoms with Gasteiger partial charge in [0.15, 0.2) is 0 Å². The molecule has 7 heteroatoms. The summed E-state index contributed by atoms with van der Waals surface area (Å²) in [6, 6.07) is 3.28. The largest absolute Gasteiger partial charge is 0.398 e. The highest BCUT2D eigenvalue weighted by atomic mass is 79.9. The fourth-order valence-corrected chi connectivity index (χ4v) is 5.24. The second-order valence-corrected chi connectivity index (χ2v) is 7.57. The topological polar surface area (TPSA) is 63.4 Å². The van der Waals surface area contributed by atoms with Crippen LogP contribution in [0, 0.1) is 0 Å². The molecule has 0 amide bonds. The molecule has 1 aromatic rings. The van der Waals surface area contributed by atoms with Gasteiger partial charge in [-0.3, -0.25) is 0 Å². The van der Waals surface area contributed by atoms with Gasteiger partial charge in [-0.25, -0.2) is 8.42 Å². The first-order chi connectivity index (χ1) is 8.43. The van der Waals surface area contributed by atoms with Crippen LogP contribution in [0.4, 0.5) is 5.69 Å². The van der Waals surface area contributed by atoms with Gasteiger partial charge in [-0.05, 0) is 34.5 Å². The van der Waals surface area contributed by atoms with E-state index in [1.54, 1.807) is 12.1 Å². The van der Waals surface area contributed by atoms with E-state index in [0.29, 0.717) is 17.6 Å². The molecular formula is C11H12Br2N2O2S. The molecule has 4 nitrogen and oxygen atoms in total. The van der Waals surface area contributed by atoms with E-state index < -0.39 is 10.0 Å². The van der Waals surface area contributed by atoms with Crippen molar-refractivity contribution in [3.63, 3.8) is 0 Å². The molecule has 0 atom stereocenters. The van der Waals surface area contributed by atoms with E-state index in [1.807, 2.05) is 12.2 Å². The molecule has 18 heavy (non-hydrogen) atoms. The third-order valence-electron chi connectivity index (χ3n) is 2.66. The monoisotopic (exact) mass is 394 g/mol. The van der Waals surface area contributed by atoms with Crippen molar-refractivity contribution in [1.29, 1.82) is 0 Å². The summed E-state index contributed by atoms with van der Waals surface area (Å²) in [5.41, 5.74) is 6.07. The van der Waals surface area contributed by atoms with Crippen LogP contribution in [-0.2, 0) is 10.0 Å². The summed E-state index contributed by atoms with van der Waals surface area (Å²) in [4.78, 5) is 0.140. The second kappa shape index (κ2) is 5.32. The number of anilines is 1. The minimum Gasteiger partial charge on any atom is -0.398 e. The Balaban J connectivity index is 2.51. The fourth-order valence-electron chi connectivity index (χ4n) is 1.82. The number of halogens is 2. The summed E-state index contributed by atoms with van der Waals surface area (Å²) < 4.78 is 27.7. The third kappa shape index (κ3) is 2.64. The van der Waals surface area contributed by atoms with E-state index in [4.69, 9.17) is 5.73 Å². The molecule has 1 aliphatic rings. The summed E-state index contributed by atoms with van der Waals surface area (Å²) in [5.74, 6) is 0. The molecule has 0 bridgehead atoms. The molecule has 1 aliphatic heterocycles. The molecule has 98 valence electrons. The van der Waals surface area contributed by atoms with Gasteiger partial charge in [0.05, 0.1) is 5.69 Å². The van der Waals surface area contributed by atoms with Crippen molar-refractivity contribution in [3.05, 3.63) is 33.2 Å². The van der Waals surface area contributed by atoms with Gasteiger partial charge in [-0.15, -0.1) is 0 Å². The molecule has 0 unspecified atom stereocenters. The van der Waals surface area contributed by atoms with Crippen LogP contribution in [0.1, 0.15) is 6.42 Å². The maximum atomic E-state index is 12.5. The maximum Gasteiger partial charge on any atom is 0.246 e. The minimum atomic E-state index is -3.55. The highest BCUT2D eigenvalue weighted by Gasteiger charge is 2.28. The minimum absolute atomic E-state index is 0.140. The molecule has 0 aromatic heterocycles. The van der Waals surface area contributed by atoms with Crippen LogP contribution >= 0.6 is 31.9 Å². The predicted molar refractivity (Wildman–Crippen MR) is 78.8 cm³/mol. The Hall–Kier alpha value is -0.370. The van der Waals surface area contributed by atoms with Gasteiger partial charge < -0.3 is 5.73 Å². The Morgan fingerprint density at radius 3 is 2.50 bits per heavy atom. The van der Waals surface area contributed by atoms with Crippen LogP contribution in [-0.4, -0.2) is 25.8 Å². The summed E-state index contributed by atoms with van der Waals surface area (Å²) in [7, 11) is -3.55.